The van der Waals surface area contributed by atoms with Gasteiger partial charge in [0.2, 0.25) is 10.0 Å². The Hall–Kier alpha value is -4.71. The molecule has 0 radical (unpaired) electrons. The van der Waals surface area contributed by atoms with Gasteiger partial charge in [0.25, 0.3) is 11.8 Å². The van der Waals surface area contributed by atoms with Gasteiger partial charge in [0.1, 0.15) is 0 Å². The molecule has 0 aliphatic carbocycles. The highest BCUT2D eigenvalue weighted by Crippen LogP contribution is 2.39. The summed E-state index contributed by atoms with van der Waals surface area (Å²) < 4.78 is 33.6. The van der Waals surface area contributed by atoms with E-state index in [0.29, 0.717) is 16.9 Å². The van der Waals surface area contributed by atoms with Gasteiger partial charge in [-0.1, -0.05) is 62.4 Å². The Morgan fingerprint density at radius 1 is 0.977 bits per heavy atom. The molecule has 0 aliphatic rings. The fourth-order valence-electron chi connectivity index (χ4n) is 4.42. The second-order valence-electron chi connectivity index (χ2n) is 11.3. The number of nitrogens with zero attached hydrogens (tertiary/aromatic N) is 3. The van der Waals surface area contributed by atoms with E-state index in [4.69, 9.17) is 4.74 Å². The smallest absolute Gasteiger partial charge is 0.273 e. The van der Waals surface area contributed by atoms with Crippen molar-refractivity contribution in [2.45, 2.75) is 46.1 Å². The lowest BCUT2D eigenvalue weighted by Crippen LogP contribution is -2.26. The monoisotopic (exact) mass is 604 g/mol. The van der Waals surface area contributed by atoms with Crippen LogP contribution in [0.15, 0.2) is 66.9 Å². The van der Waals surface area contributed by atoms with E-state index in [-0.39, 0.29) is 34.5 Å². The maximum Gasteiger partial charge on any atom is 0.273 e. The van der Waals surface area contributed by atoms with Crippen molar-refractivity contribution in [1.82, 2.24) is 20.3 Å². The van der Waals surface area contributed by atoms with Crippen LogP contribution < -0.4 is 20.1 Å². The molecule has 1 heterocycles. The third-order valence-electron chi connectivity index (χ3n) is 6.79. The standard InChI is InChI=1S/C31H36N6O5S/c1-19-13-14-22(15-27(19)37-18-26(34-36-37)30(39)32-20(2)21-11-9-8-10-12-21)29(38)33-24-16-23(31(3,4)5)17-25(28(24)42-6)35-43(7,40)41/h8-18,20,35H,1-7H3,(H,32,39)(H,33,38)/t20-/m1/s1. The molecular weight excluding hydrogens is 568 g/mol. The Balaban J connectivity index is 1.61. The molecule has 1 aromatic heterocycles. The van der Waals surface area contributed by atoms with Gasteiger partial charge in [-0.25, -0.2) is 13.1 Å². The quantitative estimate of drug-likeness (QED) is 0.244. The predicted octanol–water partition coefficient (Wildman–Crippen LogP) is 5.00. The lowest BCUT2D eigenvalue weighted by atomic mass is 9.86. The molecule has 0 spiro atoms. The molecule has 0 bridgehead atoms. The van der Waals surface area contributed by atoms with Crippen LogP contribution in [0.4, 0.5) is 11.4 Å². The minimum Gasteiger partial charge on any atom is -0.492 e. The zero-order chi connectivity index (χ0) is 31.5. The Morgan fingerprint density at radius 2 is 1.65 bits per heavy atom. The van der Waals surface area contributed by atoms with Gasteiger partial charge in [0.15, 0.2) is 11.4 Å². The molecule has 0 aliphatic heterocycles. The summed E-state index contributed by atoms with van der Waals surface area (Å²) in [7, 11) is -2.22. The first-order chi connectivity index (χ1) is 20.2. The van der Waals surface area contributed by atoms with Gasteiger partial charge in [-0.3, -0.25) is 14.3 Å². The molecule has 2 amide bonds. The van der Waals surface area contributed by atoms with Crippen LogP contribution in [0.1, 0.15) is 71.3 Å². The number of aryl methyl sites for hydroxylation is 1. The van der Waals surface area contributed by atoms with E-state index in [1.807, 2.05) is 65.0 Å². The van der Waals surface area contributed by atoms with E-state index in [2.05, 4.69) is 25.7 Å². The number of sulfonamides is 1. The average molecular weight is 605 g/mol. The maximum absolute atomic E-state index is 13.5. The fraction of sp³-hybridized carbons (Fsp3) is 0.290. The van der Waals surface area contributed by atoms with Gasteiger partial charge in [0, 0.05) is 5.56 Å². The van der Waals surface area contributed by atoms with Crippen molar-refractivity contribution in [3.63, 3.8) is 0 Å². The number of carbonyl (C=O) groups is 2. The molecule has 0 saturated carbocycles. The molecule has 4 aromatic rings. The third kappa shape index (κ3) is 7.58. The lowest BCUT2D eigenvalue weighted by molar-refractivity contribution is 0.0934. The highest BCUT2D eigenvalue weighted by molar-refractivity contribution is 7.92. The van der Waals surface area contributed by atoms with Crippen LogP contribution in [-0.4, -0.2) is 48.6 Å². The van der Waals surface area contributed by atoms with Crippen molar-refractivity contribution in [2.24, 2.45) is 0 Å². The molecule has 3 aromatic carbocycles. The molecule has 0 fully saturated rings. The molecule has 226 valence electrons. The summed E-state index contributed by atoms with van der Waals surface area (Å²) in [6.45, 7) is 9.68. The lowest BCUT2D eigenvalue weighted by Gasteiger charge is -2.24. The van der Waals surface area contributed by atoms with E-state index in [1.165, 1.54) is 18.0 Å². The number of methoxy groups -OCH3 is 1. The van der Waals surface area contributed by atoms with Crippen LogP contribution in [0, 0.1) is 6.92 Å². The van der Waals surface area contributed by atoms with E-state index in [1.54, 1.807) is 30.3 Å². The highest BCUT2D eigenvalue weighted by Gasteiger charge is 2.23. The summed E-state index contributed by atoms with van der Waals surface area (Å²) in [5, 5.41) is 14.0. The molecule has 12 heteroatoms. The van der Waals surface area contributed by atoms with Crippen molar-refractivity contribution in [1.29, 1.82) is 0 Å². The van der Waals surface area contributed by atoms with E-state index in [9.17, 15) is 18.0 Å². The van der Waals surface area contributed by atoms with Gasteiger partial charge < -0.3 is 15.4 Å². The van der Waals surface area contributed by atoms with Crippen LogP contribution in [0.2, 0.25) is 0 Å². The fourth-order valence-corrected chi connectivity index (χ4v) is 4.97. The average Bonchev–Trinajstić information content (AvgIpc) is 3.42. The summed E-state index contributed by atoms with van der Waals surface area (Å²) in [6, 6.07) is 17.9. The zero-order valence-corrected chi connectivity index (χ0v) is 26.0. The molecule has 1 atom stereocenters. The maximum atomic E-state index is 13.5. The second-order valence-corrected chi connectivity index (χ2v) is 13.1. The first-order valence-corrected chi connectivity index (χ1v) is 15.5. The third-order valence-corrected chi connectivity index (χ3v) is 7.38. The van der Waals surface area contributed by atoms with Crippen molar-refractivity contribution in [2.75, 3.05) is 23.4 Å². The second kappa shape index (κ2) is 12.3. The van der Waals surface area contributed by atoms with Gasteiger partial charge in [0.05, 0.1) is 42.7 Å². The normalized spacial score (nSPS) is 12.3. The number of anilines is 2. The van der Waals surface area contributed by atoms with Crippen molar-refractivity contribution >= 4 is 33.2 Å². The SMILES string of the molecule is COc1c(NC(=O)c2ccc(C)c(-n3cc(C(=O)N[C@H](C)c4ccccc4)nn3)c2)cc(C(C)(C)C)cc1NS(C)(=O)=O. The number of carbonyl (C=O) groups excluding carboxylic acids is 2. The molecule has 11 nitrogen and oxygen atoms in total. The number of nitrogens with one attached hydrogen (secondary N) is 3. The van der Waals surface area contributed by atoms with Crippen LogP contribution >= 0.6 is 0 Å². The summed E-state index contributed by atoms with van der Waals surface area (Å²) >= 11 is 0. The Labute approximate surface area is 251 Å². The summed E-state index contributed by atoms with van der Waals surface area (Å²) in [4.78, 5) is 26.4. The van der Waals surface area contributed by atoms with E-state index in [0.717, 1.165) is 22.9 Å². The molecule has 43 heavy (non-hydrogen) atoms. The predicted molar refractivity (Wildman–Crippen MR) is 167 cm³/mol. The molecule has 3 N–H and O–H groups in total. The van der Waals surface area contributed by atoms with Crippen molar-refractivity contribution in [3.8, 4) is 11.4 Å². The topological polar surface area (TPSA) is 144 Å². The Bertz CT molecular complexity index is 1760. The number of aromatic nitrogens is 3. The minimum absolute atomic E-state index is 0.131. The van der Waals surface area contributed by atoms with Crippen molar-refractivity contribution < 1.29 is 22.7 Å². The minimum atomic E-state index is -3.62. The molecular formula is C31H36N6O5S. The van der Waals surface area contributed by atoms with E-state index < -0.39 is 15.9 Å². The molecule has 0 saturated heterocycles. The van der Waals surface area contributed by atoms with E-state index >= 15 is 0 Å². The Kier molecular flexibility index (Phi) is 8.90. The summed E-state index contributed by atoms with van der Waals surface area (Å²) in [5.74, 6) is -0.653. The van der Waals surface area contributed by atoms with Crippen LogP contribution in [-0.2, 0) is 15.4 Å². The van der Waals surface area contributed by atoms with Gasteiger partial charge in [-0.05, 0) is 60.2 Å². The van der Waals surface area contributed by atoms with Crippen LogP contribution in [0.3, 0.4) is 0 Å². The molecule has 0 unspecified atom stereocenters. The largest absolute Gasteiger partial charge is 0.492 e. The number of benzene rings is 3. The van der Waals surface area contributed by atoms with Gasteiger partial charge in [-0.15, -0.1) is 5.10 Å². The number of amides is 2. The van der Waals surface area contributed by atoms with Gasteiger partial charge in [-0.2, -0.15) is 0 Å². The number of hydrogen-bond donors (Lipinski definition) is 3. The highest BCUT2D eigenvalue weighted by atomic mass is 32.2. The van der Waals surface area contributed by atoms with Gasteiger partial charge >= 0.3 is 0 Å². The first-order valence-electron chi connectivity index (χ1n) is 13.6. The Morgan fingerprint density at radius 3 is 2.28 bits per heavy atom. The van der Waals surface area contributed by atoms with Crippen LogP contribution in [0.5, 0.6) is 5.75 Å². The summed E-state index contributed by atoms with van der Waals surface area (Å²) in [5.41, 5.74) is 3.71. The van der Waals surface area contributed by atoms with Crippen LogP contribution in [0.25, 0.3) is 5.69 Å². The van der Waals surface area contributed by atoms with Crippen molar-refractivity contribution in [3.05, 3.63) is 94.8 Å². The number of hydrogen-bond acceptors (Lipinski definition) is 7. The zero-order valence-electron chi connectivity index (χ0n) is 25.2. The first kappa shape index (κ1) is 31.2. The number of rotatable bonds is 9. The molecule has 4 rings (SSSR count). The number of ether oxygens (including phenoxy) is 1. The summed E-state index contributed by atoms with van der Waals surface area (Å²) in [6.07, 6.45) is 2.56.